The quantitative estimate of drug-likeness (QED) is 0.641. The number of nitrogens with one attached hydrogen (secondary N) is 1. The molecule has 0 unspecified atom stereocenters. The van der Waals surface area contributed by atoms with Gasteiger partial charge >= 0.3 is 0 Å². The molecule has 0 saturated carbocycles. The first-order chi connectivity index (χ1) is 9.17. The molecular weight excluding hydrogens is 264 g/mol. The van der Waals surface area contributed by atoms with Crippen LogP contribution >= 0.6 is 11.6 Å². The van der Waals surface area contributed by atoms with Crippen LogP contribution in [0.25, 0.3) is 0 Å². The SMILES string of the molecule is COCCCC(=O)Nc1ccc(Cl)cc1C#CCN. The van der Waals surface area contributed by atoms with E-state index in [9.17, 15) is 4.79 Å². The van der Waals surface area contributed by atoms with Crippen LogP contribution in [0.15, 0.2) is 18.2 Å². The molecule has 1 amide bonds. The second kappa shape index (κ2) is 8.54. The first-order valence-corrected chi connectivity index (χ1v) is 6.32. The van der Waals surface area contributed by atoms with E-state index >= 15 is 0 Å². The lowest BCUT2D eigenvalue weighted by Crippen LogP contribution is -2.13. The molecule has 0 saturated heterocycles. The third kappa shape index (κ3) is 5.75. The van der Waals surface area contributed by atoms with Crippen LogP contribution in [0.4, 0.5) is 5.69 Å². The van der Waals surface area contributed by atoms with Crippen molar-refractivity contribution in [1.82, 2.24) is 0 Å². The van der Waals surface area contributed by atoms with Crippen LogP contribution in [-0.2, 0) is 9.53 Å². The summed E-state index contributed by atoms with van der Waals surface area (Å²) in [5.41, 5.74) is 6.65. The van der Waals surface area contributed by atoms with Crippen molar-refractivity contribution in [1.29, 1.82) is 0 Å². The standard InChI is InChI=1S/C14H17ClN2O2/c1-19-9-3-5-14(18)17-13-7-6-12(15)10-11(13)4-2-8-16/h6-7,10H,3,5,8-9,16H2,1H3,(H,17,18). The highest BCUT2D eigenvalue weighted by Gasteiger charge is 2.06. The third-order valence-electron chi connectivity index (χ3n) is 2.33. The number of hydrogen-bond acceptors (Lipinski definition) is 3. The number of benzene rings is 1. The molecule has 5 heteroatoms. The summed E-state index contributed by atoms with van der Waals surface area (Å²) in [5.74, 6) is 5.56. The molecule has 19 heavy (non-hydrogen) atoms. The van der Waals surface area contributed by atoms with Crippen LogP contribution in [0.1, 0.15) is 18.4 Å². The van der Waals surface area contributed by atoms with Crippen molar-refractivity contribution in [3.8, 4) is 11.8 Å². The largest absolute Gasteiger partial charge is 0.385 e. The topological polar surface area (TPSA) is 64.3 Å². The van der Waals surface area contributed by atoms with Crippen LogP contribution in [0.3, 0.4) is 0 Å². The lowest BCUT2D eigenvalue weighted by atomic mass is 10.1. The average molecular weight is 281 g/mol. The molecule has 0 heterocycles. The molecule has 0 spiro atoms. The van der Waals surface area contributed by atoms with Crippen LogP contribution < -0.4 is 11.1 Å². The minimum absolute atomic E-state index is 0.0739. The minimum Gasteiger partial charge on any atom is -0.385 e. The van der Waals surface area contributed by atoms with E-state index in [-0.39, 0.29) is 12.5 Å². The Bertz CT molecular complexity index is 492. The van der Waals surface area contributed by atoms with Gasteiger partial charge in [0.2, 0.25) is 5.91 Å². The van der Waals surface area contributed by atoms with E-state index in [0.717, 1.165) is 0 Å². The number of carbonyl (C=O) groups is 1. The normalized spacial score (nSPS) is 9.63. The predicted molar refractivity (Wildman–Crippen MR) is 77.1 cm³/mol. The summed E-state index contributed by atoms with van der Waals surface area (Å²) in [5, 5.41) is 3.38. The summed E-state index contributed by atoms with van der Waals surface area (Å²) in [7, 11) is 1.61. The maximum absolute atomic E-state index is 11.7. The molecule has 0 aliphatic carbocycles. The molecule has 0 aromatic heterocycles. The van der Waals surface area contributed by atoms with E-state index in [1.54, 1.807) is 25.3 Å². The molecule has 1 aromatic carbocycles. The monoisotopic (exact) mass is 280 g/mol. The van der Waals surface area contributed by atoms with Gasteiger partial charge in [-0.3, -0.25) is 4.79 Å². The number of methoxy groups -OCH3 is 1. The summed E-state index contributed by atoms with van der Waals surface area (Å²) in [6.07, 6.45) is 1.08. The molecule has 102 valence electrons. The Hall–Kier alpha value is -1.54. The second-order valence-electron chi connectivity index (χ2n) is 3.84. The Kier molecular flexibility index (Phi) is 6.98. The van der Waals surface area contributed by atoms with Gasteiger partial charge in [0.15, 0.2) is 0 Å². The molecule has 1 rings (SSSR count). The third-order valence-corrected chi connectivity index (χ3v) is 2.57. The van der Waals surface area contributed by atoms with E-state index in [0.29, 0.717) is 35.7 Å². The van der Waals surface area contributed by atoms with Crippen molar-refractivity contribution in [2.45, 2.75) is 12.8 Å². The first kappa shape index (κ1) is 15.5. The molecule has 0 radical (unpaired) electrons. The number of carbonyl (C=O) groups excluding carboxylic acids is 1. The summed E-state index contributed by atoms with van der Waals surface area (Å²) in [4.78, 5) is 11.7. The van der Waals surface area contributed by atoms with Gasteiger partial charge in [-0.2, -0.15) is 0 Å². The smallest absolute Gasteiger partial charge is 0.224 e. The number of halogens is 1. The maximum atomic E-state index is 11.7. The van der Waals surface area contributed by atoms with Gasteiger partial charge in [0.1, 0.15) is 0 Å². The van der Waals surface area contributed by atoms with Gasteiger partial charge in [0.25, 0.3) is 0 Å². The van der Waals surface area contributed by atoms with Crippen LogP contribution in [0.2, 0.25) is 5.02 Å². The number of rotatable bonds is 5. The zero-order valence-electron chi connectivity index (χ0n) is 10.8. The summed E-state index contributed by atoms with van der Waals surface area (Å²) in [6, 6.07) is 5.14. The Morgan fingerprint density at radius 1 is 1.53 bits per heavy atom. The highest BCUT2D eigenvalue weighted by molar-refractivity contribution is 6.30. The predicted octanol–water partition coefficient (Wildman–Crippen LogP) is 2.02. The van der Waals surface area contributed by atoms with Crippen molar-refractivity contribution in [2.24, 2.45) is 5.73 Å². The molecule has 3 N–H and O–H groups in total. The van der Waals surface area contributed by atoms with Gasteiger partial charge in [-0.15, -0.1) is 0 Å². The van der Waals surface area contributed by atoms with E-state index in [2.05, 4.69) is 17.2 Å². The molecule has 0 aliphatic rings. The Labute approximate surface area is 118 Å². The van der Waals surface area contributed by atoms with Crippen molar-refractivity contribution in [3.05, 3.63) is 28.8 Å². The fourth-order valence-corrected chi connectivity index (χ4v) is 1.64. The lowest BCUT2D eigenvalue weighted by Gasteiger charge is -2.08. The molecule has 4 nitrogen and oxygen atoms in total. The van der Waals surface area contributed by atoms with Crippen molar-refractivity contribution < 1.29 is 9.53 Å². The van der Waals surface area contributed by atoms with Crippen molar-refractivity contribution >= 4 is 23.2 Å². The van der Waals surface area contributed by atoms with E-state index < -0.39 is 0 Å². The Balaban J connectivity index is 2.74. The van der Waals surface area contributed by atoms with E-state index in [4.69, 9.17) is 22.1 Å². The van der Waals surface area contributed by atoms with Crippen molar-refractivity contribution in [2.75, 3.05) is 25.6 Å². The molecule has 1 aromatic rings. The number of ether oxygens (including phenoxy) is 1. The fourth-order valence-electron chi connectivity index (χ4n) is 1.46. The lowest BCUT2D eigenvalue weighted by molar-refractivity contribution is -0.116. The number of hydrogen-bond donors (Lipinski definition) is 2. The summed E-state index contributed by atoms with van der Waals surface area (Å²) in [6.45, 7) is 0.821. The van der Waals surface area contributed by atoms with Crippen LogP contribution in [-0.4, -0.2) is 26.2 Å². The van der Waals surface area contributed by atoms with Gasteiger partial charge in [-0.1, -0.05) is 23.4 Å². The highest BCUT2D eigenvalue weighted by atomic mass is 35.5. The van der Waals surface area contributed by atoms with E-state index in [1.165, 1.54) is 0 Å². The Morgan fingerprint density at radius 2 is 2.32 bits per heavy atom. The number of nitrogens with two attached hydrogens (primary N) is 1. The van der Waals surface area contributed by atoms with Crippen molar-refractivity contribution in [3.63, 3.8) is 0 Å². The zero-order valence-corrected chi connectivity index (χ0v) is 11.6. The second-order valence-corrected chi connectivity index (χ2v) is 4.28. The number of anilines is 1. The number of amides is 1. The van der Waals surface area contributed by atoms with Gasteiger partial charge in [0, 0.05) is 30.7 Å². The maximum Gasteiger partial charge on any atom is 0.224 e. The summed E-state index contributed by atoms with van der Waals surface area (Å²) >= 11 is 5.91. The molecule has 0 fully saturated rings. The zero-order chi connectivity index (χ0) is 14.1. The molecule has 0 aliphatic heterocycles. The minimum atomic E-state index is -0.0739. The van der Waals surface area contributed by atoms with Crippen LogP contribution in [0.5, 0.6) is 0 Å². The van der Waals surface area contributed by atoms with Crippen LogP contribution in [0, 0.1) is 11.8 Å². The first-order valence-electron chi connectivity index (χ1n) is 5.94. The Morgan fingerprint density at radius 3 is 3.00 bits per heavy atom. The van der Waals surface area contributed by atoms with Gasteiger partial charge in [0.05, 0.1) is 12.2 Å². The average Bonchev–Trinajstić information content (AvgIpc) is 2.39. The summed E-state index contributed by atoms with van der Waals surface area (Å²) < 4.78 is 4.90. The highest BCUT2D eigenvalue weighted by Crippen LogP contribution is 2.20. The molecular formula is C14H17ClN2O2. The molecule has 0 atom stereocenters. The van der Waals surface area contributed by atoms with Gasteiger partial charge < -0.3 is 15.8 Å². The van der Waals surface area contributed by atoms with Gasteiger partial charge in [-0.25, -0.2) is 0 Å². The fraction of sp³-hybridized carbons (Fsp3) is 0.357. The van der Waals surface area contributed by atoms with E-state index in [1.807, 2.05) is 0 Å². The van der Waals surface area contributed by atoms with Gasteiger partial charge in [-0.05, 0) is 24.6 Å². The molecule has 0 bridgehead atoms.